The van der Waals surface area contributed by atoms with Crippen molar-refractivity contribution in [2.24, 2.45) is 0 Å². The molecule has 5 heteroatoms. The first kappa shape index (κ1) is 12.9. The number of anilines is 2. The number of nitrogens with zero attached hydrogens (tertiary/aromatic N) is 1. The van der Waals surface area contributed by atoms with E-state index < -0.39 is 5.97 Å². The molecule has 1 aromatic carbocycles. The lowest BCUT2D eigenvalue weighted by Gasteiger charge is -2.11. The number of pyridine rings is 1. The van der Waals surface area contributed by atoms with E-state index in [-0.39, 0.29) is 5.56 Å². The molecule has 0 atom stereocenters. The Labute approximate surface area is 111 Å². The fourth-order valence-electron chi connectivity index (χ4n) is 1.73. The van der Waals surface area contributed by atoms with Crippen LogP contribution in [0.15, 0.2) is 36.7 Å². The SMILES string of the molecule is Cc1ccncc1CNc1ccc(C(=O)O)cc1N. The van der Waals surface area contributed by atoms with Gasteiger partial charge in [-0.05, 0) is 42.3 Å². The molecule has 0 amide bonds. The number of aromatic nitrogens is 1. The number of carbonyl (C=O) groups is 1. The van der Waals surface area contributed by atoms with E-state index in [1.165, 1.54) is 12.1 Å². The molecule has 0 saturated carbocycles. The Balaban J connectivity index is 2.12. The topological polar surface area (TPSA) is 88.2 Å². The molecule has 0 radical (unpaired) electrons. The summed E-state index contributed by atoms with van der Waals surface area (Å²) in [5.74, 6) is -0.985. The third kappa shape index (κ3) is 3.01. The van der Waals surface area contributed by atoms with Crippen molar-refractivity contribution in [1.29, 1.82) is 0 Å². The molecule has 5 nitrogen and oxygen atoms in total. The zero-order chi connectivity index (χ0) is 13.8. The van der Waals surface area contributed by atoms with Crippen LogP contribution in [-0.4, -0.2) is 16.1 Å². The second-order valence-corrected chi connectivity index (χ2v) is 4.26. The average molecular weight is 257 g/mol. The Kier molecular flexibility index (Phi) is 3.66. The normalized spacial score (nSPS) is 10.2. The van der Waals surface area contributed by atoms with Gasteiger partial charge < -0.3 is 16.2 Å². The van der Waals surface area contributed by atoms with Crippen molar-refractivity contribution in [3.05, 3.63) is 53.3 Å². The quantitative estimate of drug-likeness (QED) is 0.731. The lowest BCUT2D eigenvalue weighted by molar-refractivity contribution is 0.0697. The van der Waals surface area contributed by atoms with Gasteiger partial charge in [0, 0.05) is 18.9 Å². The number of carboxylic acid groups (broad SMARTS) is 1. The van der Waals surface area contributed by atoms with Gasteiger partial charge in [0.2, 0.25) is 0 Å². The maximum Gasteiger partial charge on any atom is 0.335 e. The predicted molar refractivity (Wildman–Crippen MR) is 74.1 cm³/mol. The van der Waals surface area contributed by atoms with Crippen LogP contribution in [0.3, 0.4) is 0 Å². The minimum absolute atomic E-state index is 0.181. The molecular formula is C14H15N3O2. The summed E-state index contributed by atoms with van der Waals surface area (Å²) < 4.78 is 0. The molecule has 2 aromatic rings. The smallest absolute Gasteiger partial charge is 0.335 e. The Morgan fingerprint density at radius 3 is 2.84 bits per heavy atom. The number of nitrogens with two attached hydrogens (primary N) is 1. The van der Waals surface area contributed by atoms with Gasteiger partial charge >= 0.3 is 5.97 Å². The van der Waals surface area contributed by atoms with E-state index in [1.54, 1.807) is 18.5 Å². The van der Waals surface area contributed by atoms with Crippen LogP contribution in [0.4, 0.5) is 11.4 Å². The first-order valence-electron chi connectivity index (χ1n) is 5.84. The molecular weight excluding hydrogens is 242 g/mol. The number of hydrogen-bond donors (Lipinski definition) is 3. The molecule has 4 N–H and O–H groups in total. The molecule has 0 aliphatic heterocycles. The van der Waals surface area contributed by atoms with Crippen molar-refractivity contribution in [2.75, 3.05) is 11.1 Å². The summed E-state index contributed by atoms with van der Waals surface area (Å²) in [6.45, 7) is 2.60. The maximum absolute atomic E-state index is 10.8. The monoisotopic (exact) mass is 257 g/mol. The number of hydrogen-bond acceptors (Lipinski definition) is 4. The second kappa shape index (κ2) is 5.39. The highest BCUT2D eigenvalue weighted by Crippen LogP contribution is 2.21. The van der Waals surface area contributed by atoms with E-state index >= 15 is 0 Å². The molecule has 2 rings (SSSR count). The zero-order valence-electron chi connectivity index (χ0n) is 10.6. The van der Waals surface area contributed by atoms with E-state index in [0.29, 0.717) is 17.9 Å². The van der Waals surface area contributed by atoms with E-state index in [1.807, 2.05) is 13.0 Å². The van der Waals surface area contributed by atoms with Gasteiger partial charge in [-0.25, -0.2) is 4.79 Å². The Morgan fingerprint density at radius 1 is 1.42 bits per heavy atom. The van der Waals surface area contributed by atoms with Crippen LogP contribution in [0.2, 0.25) is 0 Å². The fraction of sp³-hybridized carbons (Fsp3) is 0.143. The third-order valence-corrected chi connectivity index (χ3v) is 2.92. The van der Waals surface area contributed by atoms with Crippen LogP contribution in [0.5, 0.6) is 0 Å². The Morgan fingerprint density at radius 2 is 2.21 bits per heavy atom. The fourth-order valence-corrected chi connectivity index (χ4v) is 1.73. The number of nitrogen functional groups attached to an aromatic ring is 1. The molecule has 0 fully saturated rings. The summed E-state index contributed by atoms with van der Waals surface area (Å²) in [5.41, 5.74) is 9.35. The van der Waals surface area contributed by atoms with Crippen LogP contribution < -0.4 is 11.1 Å². The predicted octanol–water partition coefficient (Wildman–Crippen LogP) is 2.28. The van der Waals surface area contributed by atoms with E-state index in [0.717, 1.165) is 11.1 Å². The summed E-state index contributed by atoms with van der Waals surface area (Å²) in [7, 11) is 0. The van der Waals surface area contributed by atoms with Gasteiger partial charge in [0.05, 0.1) is 16.9 Å². The van der Waals surface area contributed by atoms with Crippen molar-refractivity contribution in [3.63, 3.8) is 0 Å². The molecule has 0 bridgehead atoms. The summed E-state index contributed by atoms with van der Waals surface area (Å²) in [6.07, 6.45) is 3.54. The first-order valence-corrected chi connectivity index (χ1v) is 5.84. The number of nitrogens with one attached hydrogen (secondary N) is 1. The molecule has 0 spiro atoms. The Hall–Kier alpha value is -2.56. The lowest BCUT2D eigenvalue weighted by Crippen LogP contribution is -2.05. The number of aromatic carboxylic acids is 1. The van der Waals surface area contributed by atoms with Gasteiger partial charge in [0.25, 0.3) is 0 Å². The summed E-state index contributed by atoms with van der Waals surface area (Å²) >= 11 is 0. The minimum Gasteiger partial charge on any atom is -0.478 e. The van der Waals surface area contributed by atoms with Gasteiger partial charge in [-0.2, -0.15) is 0 Å². The van der Waals surface area contributed by atoms with E-state index in [4.69, 9.17) is 10.8 Å². The number of benzene rings is 1. The molecule has 1 aromatic heterocycles. The highest BCUT2D eigenvalue weighted by molar-refractivity contribution is 5.90. The van der Waals surface area contributed by atoms with Crippen LogP contribution >= 0.6 is 0 Å². The molecule has 19 heavy (non-hydrogen) atoms. The van der Waals surface area contributed by atoms with Crippen LogP contribution in [-0.2, 0) is 6.54 Å². The van der Waals surface area contributed by atoms with Crippen LogP contribution in [0.25, 0.3) is 0 Å². The zero-order valence-corrected chi connectivity index (χ0v) is 10.6. The highest BCUT2D eigenvalue weighted by Gasteiger charge is 2.06. The Bertz CT molecular complexity index is 611. The molecule has 0 aliphatic carbocycles. The average Bonchev–Trinajstić information content (AvgIpc) is 2.39. The van der Waals surface area contributed by atoms with Gasteiger partial charge in [-0.1, -0.05) is 0 Å². The molecule has 0 saturated heterocycles. The van der Waals surface area contributed by atoms with Crippen molar-refractivity contribution >= 4 is 17.3 Å². The molecule has 0 unspecified atom stereocenters. The van der Waals surface area contributed by atoms with Crippen LogP contribution in [0, 0.1) is 6.92 Å². The summed E-state index contributed by atoms with van der Waals surface area (Å²) in [6, 6.07) is 6.58. The number of carboxylic acids is 1. The summed E-state index contributed by atoms with van der Waals surface area (Å²) in [4.78, 5) is 14.9. The third-order valence-electron chi connectivity index (χ3n) is 2.92. The largest absolute Gasteiger partial charge is 0.478 e. The van der Waals surface area contributed by atoms with Crippen LogP contribution in [0.1, 0.15) is 21.5 Å². The lowest BCUT2D eigenvalue weighted by atomic mass is 10.1. The van der Waals surface area contributed by atoms with Crippen molar-refractivity contribution in [2.45, 2.75) is 13.5 Å². The van der Waals surface area contributed by atoms with E-state index in [2.05, 4.69) is 10.3 Å². The second-order valence-electron chi connectivity index (χ2n) is 4.26. The van der Waals surface area contributed by atoms with Crippen molar-refractivity contribution < 1.29 is 9.90 Å². The molecule has 98 valence electrons. The minimum atomic E-state index is -0.985. The van der Waals surface area contributed by atoms with Gasteiger partial charge in [0.15, 0.2) is 0 Å². The molecule has 0 aliphatic rings. The van der Waals surface area contributed by atoms with E-state index in [9.17, 15) is 4.79 Å². The number of rotatable bonds is 4. The van der Waals surface area contributed by atoms with Gasteiger partial charge in [-0.3, -0.25) is 4.98 Å². The summed E-state index contributed by atoms with van der Waals surface area (Å²) in [5, 5.41) is 12.0. The van der Waals surface area contributed by atoms with Gasteiger partial charge in [-0.15, -0.1) is 0 Å². The van der Waals surface area contributed by atoms with Crippen molar-refractivity contribution in [3.8, 4) is 0 Å². The highest BCUT2D eigenvalue weighted by atomic mass is 16.4. The first-order chi connectivity index (χ1) is 9.08. The maximum atomic E-state index is 10.8. The molecule has 1 heterocycles. The standard InChI is InChI=1S/C14H15N3O2/c1-9-4-5-16-7-11(9)8-17-13-3-2-10(14(18)19)6-12(13)15/h2-7,17H,8,15H2,1H3,(H,18,19). The number of aryl methyl sites for hydroxylation is 1. The van der Waals surface area contributed by atoms with Gasteiger partial charge in [0.1, 0.15) is 0 Å². The van der Waals surface area contributed by atoms with Crippen molar-refractivity contribution in [1.82, 2.24) is 4.98 Å².